The smallest absolute Gasteiger partial charge is 0.153 e. The van der Waals surface area contributed by atoms with Crippen LogP contribution < -0.4 is 10.2 Å². The molecule has 0 bridgehead atoms. The third-order valence-electron chi connectivity index (χ3n) is 1.57. The van der Waals surface area contributed by atoms with Crippen molar-refractivity contribution in [2.24, 2.45) is 0 Å². The van der Waals surface area contributed by atoms with E-state index in [-0.39, 0.29) is 0 Å². The molecule has 0 unspecified atom stereocenters. The number of ether oxygens (including phenoxy) is 1. The summed E-state index contributed by atoms with van der Waals surface area (Å²) in [5.41, 5.74) is 1.59. The molecular weight excluding hydrogens is 139 g/mol. The minimum Gasteiger partial charge on any atom is -0.497 e. The number of para-hydroxylation sites is 1. The van der Waals surface area contributed by atoms with Gasteiger partial charge in [0.1, 0.15) is 13.6 Å². The SMILES string of the molecule is Bc1cccc(C=O)c1OC. The van der Waals surface area contributed by atoms with E-state index in [4.69, 9.17) is 4.74 Å². The predicted octanol–water partition coefficient (Wildman–Crippen LogP) is -0.234. The molecule has 0 saturated carbocycles. The summed E-state index contributed by atoms with van der Waals surface area (Å²) in [6, 6.07) is 5.48. The van der Waals surface area contributed by atoms with Gasteiger partial charge in [-0.2, -0.15) is 0 Å². The second-order valence-corrected chi connectivity index (χ2v) is 2.32. The van der Waals surface area contributed by atoms with Crippen molar-refractivity contribution < 1.29 is 9.53 Å². The molecule has 0 amide bonds. The number of benzene rings is 1. The number of hydrogen-bond acceptors (Lipinski definition) is 2. The summed E-state index contributed by atoms with van der Waals surface area (Å²) >= 11 is 0. The number of carbonyl (C=O) groups excluding carboxylic acids is 1. The van der Waals surface area contributed by atoms with Gasteiger partial charge in [0, 0.05) is 0 Å². The van der Waals surface area contributed by atoms with Crippen LogP contribution in [0.4, 0.5) is 0 Å². The van der Waals surface area contributed by atoms with Crippen LogP contribution in [0.1, 0.15) is 10.4 Å². The van der Waals surface area contributed by atoms with Crippen LogP contribution in [0.2, 0.25) is 0 Å². The van der Waals surface area contributed by atoms with E-state index in [1.54, 1.807) is 13.2 Å². The Labute approximate surface area is 66.6 Å². The molecular formula is C8H9BO2. The van der Waals surface area contributed by atoms with Gasteiger partial charge in [0.25, 0.3) is 0 Å². The summed E-state index contributed by atoms with van der Waals surface area (Å²) in [5.74, 6) is 0.669. The van der Waals surface area contributed by atoms with Crippen molar-refractivity contribution in [3.63, 3.8) is 0 Å². The Hall–Kier alpha value is -1.25. The van der Waals surface area contributed by atoms with E-state index in [1.165, 1.54) is 0 Å². The van der Waals surface area contributed by atoms with E-state index >= 15 is 0 Å². The first kappa shape index (κ1) is 7.86. The quantitative estimate of drug-likeness (QED) is 0.427. The molecule has 1 aromatic carbocycles. The molecule has 0 aliphatic carbocycles. The predicted molar refractivity (Wildman–Crippen MR) is 46.6 cm³/mol. The van der Waals surface area contributed by atoms with Crippen LogP contribution in [0, 0.1) is 0 Å². The van der Waals surface area contributed by atoms with Gasteiger partial charge < -0.3 is 4.74 Å². The number of hydrogen-bond donors (Lipinski definition) is 0. The zero-order chi connectivity index (χ0) is 8.27. The lowest BCUT2D eigenvalue weighted by Crippen LogP contribution is -2.08. The van der Waals surface area contributed by atoms with Gasteiger partial charge in [-0.3, -0.25) is 4.79 Å². The van der Waals surface area contributed by atoms with E-state index in [1.807, 2.05) is 20.0 Å². The molecule has 0 aliphatic rings. The fourth-order valence-electron chi connectivity index (χ4n) is 1.05. The van der Waals surface area contributed by atoms with Crippen molar-refractivity contribution in [3.05, 3.63) is 23.8 Å². The van der Waals surface area contributed by atoms with Crippen molar-refractivity contribution >= 4 is 19.6 Å². The van der Waals surface area contributed by atoms with Gasteiger partial charge >= 0.3 is 0 Å². The molecule has 0 fully saturated rings. The van der Waals surface area contributed by atoms with E-state index in [9.17, 15) is 4.79 Å². The molecule has 2 nitrogen and oxygen atoms in total. The Kier molecular flexibility index (Phi) is 2.31. The van der Waals surface area contributed by atoms with Crippen LogP contribution >= 0.6 is 0 Å². The van der Waals surface area contributed by atoms with Crippen molar-refractivity contribution in [1.82, 2.24) is 0 Å². The molecule has 0 radical (unpaired) electrons. The van der Waals surface area contributed by atoms with E-state index < -0.39 is 0 Å². The van der Waals surface area contributed by atoms with E-state index in [2.05, 4.69) is 0 Å². The van der Waals surface area contributed by atoms with E-state index in [0.29, 0.717) is 11.3 Å². The van der Waals surface area contributed by atoms with Gasteiger partial charge in [0.15, 0.2) is 6.29 Å². The molecule has 1 rings (SSSR count). The van der Waals surface area contributed by atoms with Crippen LogP contribution in [0.25, 0.3) is 0 Å². The van der Waals surface area contributed by atoms with Crippen molar-refractivity contribution in [2.45, 2.75) is 0 Å². The van der Waals surface area contributed by atoms with Crippen LogP contribution in [-0.4, -0.2) is 21.2 Å². The maximum absolute atomic E-state index is 10.5. The Bertz CT molecular complexity index is 271. The summed E-state index contributed by atoms with van der Waals surface area (Å²) in [5, 5.41) is 0. The molecule has 0 spiro atoms. The highest BCUT2D eigenvalue weighted by atomic mass is 16.5. The minimum atomic E-state index is 0.604. The maximum Gasteiger partial charge on any atom is 0.153 e. The zero-order valence-corrected chi connectivity index (χ0v) is 6.63. The molecule has 3 heteroatoms. The average Bonchev–Trinajstić information content (AvgIpc) is 2.04. The monoisotopic (exact) mass is 148 g/mol. The first-order valence-electron chi connectivity index (χ1n) is 3.38. The second kappa shape index (κ2) is 3.24. The topological polar surface area (TPSA) is 26.3 Å². The molecule has 0 N–H and O–H groups in total. The van der Waals surface area contributed by atoms with Crippen molar-refractivity contribution in [2.75, 3.05) is 7.11 Å². The number of aldehydes is 1. The number of rotatable bonds is 2. The Morgan fingerprint density at radius 2 is 2.27 bits per heavy atom. The molecule has 0 aromatic heterocycles. The van der Waals surface area contributed by atoms with Gasteiger partial charge in [-0.15, -0.1) is 0 Å². The fourth-order valence-corrected chi connectivity index (χ4v) is 1.05. The van der Waals surface area contributed by atoms with Gasteiger partial charge in [0.05, 0.1) is 12.7 Å². The molecule has 1 aromatic rings. The van der Waals surface area contributed by atoms with E-state index in [0.717, 1.165) is 11.7 Å². The van der Waals surface area contributed by atoms with Crippen LogP contribution in [-0.2, 0) is 0 Å². The van der Waals surface area contributed by atoms with Gasteiger partial charge in [-0.1, -0.05) is 12.1 Å². The molecule has 0 saturated heterocycles. The Balaban J connectivity index is 3.23. The van der Waals surface area contributed by atoms with Crippen LogP contribution in [0.3, 0.4) is 0 Å². The summed E-state index contributed by atoms with van der Waals surface area (Å²) in [6.07, 6.45) is 0.797. The highest BCUT2D eigenvalue weighted by molar-refractivity contribution is 6.34. The lowest BCUT2D eigenvalue weighted by Gasteiger charge is -2.05. The first-order valence-corrected chi connectivity index (χ1v) is 3.38. The van der Waals surface area contributed by atoms with Crippen molar-refractivity contribution in [1.29, 1.82) is 0 Å². The fraction of sp³-hybridized carbons (Fsp3) is 0.125. The molecule has 0 heterocycles. The molecule has 56 valence electrons. The third-order valence-corrected chi connectivity index (χ3v) is 1.57. The van der Waals surface area contributed by atoms with Crippen LogP contribution in [0.5, 0.6) is 5.75 Å². The van der Waals surface area contributed by atoms with Gasteiger partial charge in [-0.05, 0) is 11.5 Å². The molecule has 0 aliphatic heterocycles. The summed E-state index contributed by atoms with van der Waals surface area (Å²) in [7, 11) is 3.47. The van der Waals surface area contributed by atoms with Crippen molar-refractivity contribution in [3.8, 4) is 5.75 Å². The lowest BCUT2D eigenvalue weighted by atomic mass is 9.93. The Morgan fingerprint density at radius 1 is 1.55 bits per heavy atom. The summed E-state index contributed by atoms with van der Waals surface area (Å²) in [4.78, 5) is 10.5. The summed E-state index contributed by atoms with van der Waals surface area (Å²) < 4.78 is 5.04. The lowest BCUT2D eigenvalue weighted by molar-refractivity contribution is 0.112. The number of methoxy groups -OCH3 is 1. The molecule has 11 heavy (non-hydrogen) atoms. The van der Waals surface area contributed by atoms with Crippen LogP contribution in [0.15, 0.2) is 18.2 Å². The average molecular weight is 148 g/mol. The minimum absolute atomic E-state index is 0.604. The second-order valence-electron chi connectivity index (χ2n) is 2.32. The Morgan fingerprint density at radius 3 is 2.73 bits per heavy atom. The summed E-state index contributed by atoms with van der Waals surface area (Å²) in [6.45, 7) is 0. The highest BCUT2D eigenvalue weighted by Gasteiger charge is 2.02. The maximum atomic E-state index is 10.5. The normalized spacial score (nSPS) is 9.18. The third kappa shape index (κ3) is 1.42. The first-order chi connectivity index (χ1) is 5.29. The highest BCUT2D eigenvalue weighted by Crippen LogP contribution is 2.10. The standard InChI is InChI=1S/C8H9BO2/c1-11-8-6(5-10)3-2-4-7(8)9/h2-5H,9H2,1H3. The zero-order valence-electron chi connectivity index (χ0n) is 6.63. The molecule has 0 atom stereocenters. The number of carbonyl (C=O) groups is 1. The van der Waals surface area contributed by atoms with Gasteiger partial charge in [-0.25, -0.2) is 0 Å². The van der Waals surface area contributed by atoms with Gasteiger partial charge in [0.2, 0.25) is 0 Å². The largest absolute Gasteiger partial charge is 0.497 e.